The molecule has 1 amide bonds. The Morgan fingerprint density at radius 1 is 0.971 bits per heavy atom. The number of methoxy groups -OCH3 is 1. The van der Waals surface area contributed by atoms with Crippen molar-refractivity contribution in [2.24, 2.45) is 0 Å². The molecule has 1 N–H and O–H groups in total. The Morgan fingerprint density at radius 2 is 1.59 bits per heavy atom. The van der Waals surface area contributed by atoms with Crippen LogP contribution in [0.5, 0.6) is 17.2 Å². The van der Waals surface area contributed by atoms with Crippen molar-refractivity contribution in [1.82, 2.24) is 4.31 Å². The molecule has 1 saturated heterocycles. The van der Waals surface area contributed by atoms with Gasteiger partial charge in [0.15, 0.2) is 0 Å². The molecule has 3 aromatic rings. The van der Waals surface area contributed by atoms with Gasteiger partial charge in [-0.1, -0.05) is 0 Å². The van der Waals surface area contributed by atoms with Gasteiger partial charge in [-0.15, -0.1) is 0 Å². The van der Waals surface area contributed by atoms with Crippen molar-refractivity contribution in [3.63, 3.8) is 0 Å². The van der Waals surface area contributed by atoms with Crippen LogP contribution in [0.3, 0.4) is 0 Å². The van der Waals surface area contributed by atoms with Gasteiger partial charge in [-0.2, -0.15) is 4.31 Å². The molecule has 0 aliphatic carbocycles. The Labute approximate surface area is 196 Å². The smallest absolute Gasteiger partial charge is 0.255 e. The summed E-state index contributed by atoms with van der Waals surface area (Å²) in [5.41, 5.74) is 0.559. The Morgan fingerprint density at radius 3 is 2.21 bits per heavy atom. The number of morpholine rings is 1. The number of sulfonamides is 1. The zero-order chi connectivity index (χ0) is 24.1. The van der Waals surface area contributed by atoms with Gasteiger partial charge in [0.2, 0.25) is 10.0 Å². The summed E-state index contributed by atoms with van der Waals surface area (Å²) in [7, 11) is -2.31. The first-order valence-electron chi connectivity index (χ1n) is 10.5. The zero-order valence-corrected chi connectivity index (χ0v) is 19.2. The van der Waals surface area contributed by atoms with Crippen molar-refractivity contribution < 1.29 is 31.8 Å². The van der Waals surface area contributed by atoms with Crippen molar-refractivity contribution in [3.8, 4) is 17.2 Å². The van der Waals surface area contributed by atoms with E-state index in [2.05, 4.69) is 5.32 Å². The van der Waals surface area contributed by atoms with Crippen molar-refractivity contribution in [3.05, 3.63) is 78.1 Å². The van der Waals surface area contributed by atoms with E-state index in [1.54, 1.807) is 24.3 Å². The summed E-state index contributed by atoms with van der Waals surface area (Å²) in [5.74, 6) is 0.440. The fourth-order valence-corrected chi connectivity index (χ4v) is 4.82. The van der Waals surface area contributed by atoms with E-state index in [0.717, 1.165) is 0 Å². The van der Waals surface area contributed by atoms with Gasteiger partial charge in [0.05, 0.1) is 30.9 Å². The van der Waals surface area contributed by atoms with E-state index in [1.807, 2.05) is 0 Å². The molecule has 0 unspecified atom stereocenters. The normalized spacial score (nSPS) is 14.4. The highest BCUT2D eigenvalue weighted by atomic mass is 32.2. The molecule has 0 atom stereocenters. The van der Waals surface area contributed by atoms with Gasteiger partial charge in [-0.3, -0.25) is 4.79 Å². The third kappa shape index (κ3) is 5.36. The summed E-state index contributed by atoms with van der Waals surface area (Å²) in [6.45, 7) is 1.20. The standard InChI is InChI=1S/C24H23FN2O6S/c1-31-23-11-10-21(34(29,30)27-12-14-32-15-13-27)16-22(23)26-24(28)17-2-6-19(7-3-17)33-20-8-4-18(25)5-9-20/h2-11,16H,12-15H2,1H3,(H,26,28). The van der Waals surface area contributed by atoms with Crippen LogP contribution in [0.4, 0.5) is 10.1 Å². The molecule has 10 heteroatoms. The predicted octanol–water partition coefficient (Wildman–Crippen LogP) is 3.90. The molecule has 0 radical (unpaired) electrons. The maximum Gasteiger partial charge on any atom is 0.255 e. The van der Waals surface area contributed by atoms with Crippen LogP contribution in [0, 0.1) is 5.82 Å². The number of halogens is 1. The van der Waals surface area contributed by atoms with Gasteiger partial charge in [-0.25, -0.2) is 12.8 Å². The number of nitrogens with one attached hydrogen (secondary N) is 1. The first-order chi connectivity index (χ1) is 16.4. The number of nitrogens with zero attached hydrogens (tertiary/aromatic N) is 1. The average molecular weight is 487 g/mol. The predicted molar refractivity (Wildman–Crippen MR) is 123 cm³/mol. The lowest BCUT2D eigenvalue weighted by Crippen LogP contribution is -2.40. The van der Waals surface area contributed by atoms with E-state index in [-0.39, 0.29) is 29.5 Å². The third-order valence-electron chi connectivity index (χ3n) is 5.19. The van der Waals surface area contributed by atoms with Gasteiger partial charge in [0.1, 0.15) is 23.1 Å². The molecule has 0 saturated carbocycles. The van der Waals surface area contributed by atoms with Crippen molar-refractivity contribution >= 4 is 21.6 Å². The molecule has 3 aromatic carbocycles. The van der Waals surface area contributed by atoms with E-state index in [4.69, 9.17) is 14.2 Å². The number of benzene rings is 3. The number of rotatable bonds is 7. The van der Waals surface area contributed by atoms with E-state index in [0.29, 0.717) is 36.0 Å². The number of anilines is 1. The summed E-state index contributed by atoms with van der Waals surface area (Å²) in [5, 5.41) is 2.71. The molecule has 0 aromatic heterocycles. The lowest BCUT2D eigenvalue weighted by Gasteiger charge is -2.26. The second-order valence-electron chi connectivity index (χ2n) is 7.41. The number of carbonyl (C=O) groups is 1. The minimum absolute atomic E-state index is 0.0496. The van der Waals surface area contributed by atoms with E-state index in [1.165, 1.54) is 53.9 Å². The average Bonchev–Trinajstić information content (AvgIpc) is 2.86. The zero-order valence-electron chi connectivity index (χ0n) is 18.4. The Bertz CT molecular complexity index is 1260. The minimum atomic E-state index is -3.74. The van der Waals surface area contributed by atoms with Crippen LogP contribution in [0.25, 0.3) is 0 Å². The molecule has 1 fully saturated rings. The molecule has 4 rings (SSSR count). The molecular weight excluding hydrogens is 463 g/mol. The first kappa shape index (κ1) is 23.7. The lowest BCUT2D eigenvalue weighted by molar-refractivity contribution is 0.0730. The van der Waals surface area contributed by atoms with Crippen molar-refractivity contribution in [1.29, 1.82) is 0 Å². The Kier molecular flexibility index (Phi) is 7.11. The second kappa shape index (κ2) is 10.2. The maximum absolute atomic E-state index is 13.0. The molecule has 1 aliphatic heterocycles. The Hall–Kier alpha value is -3.47. The first-order valence-corrected chi connectivity index (χ1v) is 11.9. The molecule has 1 heterocycles. The molecule has 0 spiro atoms. The Balaban J connectivity index is 1.50. The van der Waals surface area contributed by atoms with E-state index < -0.39 is 15.9 Å². The monoisotopic (exact) mass is 486 g/mol. The fraction of sp³-hybridized carbons (Fsp3) is 0.208. The van der Waals surface area contributed by atoms with Gasteiger partial charge >= 0.3 is 0 Å². The van der Waals surface area contributed by atoms with E-state index in [9.17, 15) is 17.6 Å². The van der Waals surface area contributed by atoms with Crippen LogP contribution in [0.1, 0.15) is 10.4 Å². The summed E-state index contributed by atoms with van der Waals surface area (Å²) in [6, 6.07) is 16.3. The third-order valence-corrected chi connectivity index (χ3v) is 7.09. The number of ether oxygens (including phenoxy) is 3. The number of carbonyl (C=O) groups excluding carboxylic acids is 1. The summed E-state index contributed by atoms with van der Waals surface area (Å²) in [4.78, 5) is 12.9. The van der Waals surface area contributed by atoms with Crippen LogP contribution in [0.15, 0.2) is 71.6 Å². The lowest BCUT2D eigenvalue weighted by atomic mass is 10.2. The van der Waals surface area contributed by atoms with Crippen LogP contribution >= 0.6 is 0 Å². The van der Waals surface area contributed by atoms with Gasteiger partial charge < -0.3 is 19.5 Å². The molecule has 8 nitrogen and oxygen atoms in total. The van der Waals surface area contributed by atoms with Gasteiger partial charge in [-0.05, 0) is 66.7 Å². The highest BCUT2D eigenvalue weighted by molar-refractivity contribution is 7.89. The summed E-state index contributed by atoms with van der Waals surface area (Å²) < 4.78 is 56.5. The summed E-state index contributed by atoms with van der Waals surface area (Å²) in [6.07, 6.45) is 0. The largest absolute Gasteiger partial charge is 0.495 e. The molecule has 34 heavy (non-hydrogen) atoms. The van der Waals surface area contributed by atoms with Crippen molar-refractivity contribution in [2.75, 3.05) is 38.7 Å². The number of hydrogen-bond acceptors (Lipinski definition) is 6. The quantitative estimate of drug-likeness (QED) is 0.545. The fourth-order valence-electron chi connectivity index (χ4n) is 3.39. The highest BCUT2D eigenvalue weighted by Gasteiger charge is 2.27. The van der Waals surface area contributed by atoms with Crippen molar-refractivity contribution in [2.45, 2.75) is 4.90 Å². The maximum atomic E-state index is 13.0. The SMILES string of the molecule is COc1ccc(S(=O)(=O)N2CCOCC2)cc1NC(=O)c1ccc(Oc2ccc(F)cc2)cc1. The second-order valence-corrected chi connectivity index (χ2v) is 9.35. The molecule has 0 bridgehead atoms. The highest BCUT2D eigenvalue weighted by Crippen LogP contribution is 2.30. The van der Waals surface area contributed by atoms with Crippen LogP contribution in [0.2, 0.25) is 0 Å². The topological polar surface area (TPSA) is 94.2 Å². The molecule has 178 valence electrons. The van der Waals surface area contributed by atoms with Gasteiger partial charge in [0.25, 0.3) is 5.91 Å². The minimum Gasteiger partial charge on any atom is -0.495 e. The number of hydrogen-bond donors (Lipinski definition) is 1. The number of amides is 1. The van der Waals surface area contributed by atoms with E-state index >= 15 is 0 Å². The summed E-state index contributed by atoms with van der Waals surface area (Å²) >= 11 is 0. The van der Waals surface area contributed by atoms with Crippen LogP contribution in [-0.2, 0) is 14.8 Å². The van der Waals surface area contributed by atoms with Gasteiger partial charge in [0, 0.05) is 18.7 Å². The molecule has 1 aliphatic rings. The molecular formula is C24H23FN2O6S. The van der Waals surface area contributed by atoms with Crippen LogP contribution in [-0.4, -0.2) is 52.0 Å². The van der Waals surface area contributed by atoms with Crippen LogP contribution < -0.4 is 14.8 Å².